The van der Waals surface area contributed by atoms with Gasteiger partial charge in [-0.1, -0.05) is 50.8 Å². The quantitative estimate of drug-likeness (QED) is 0.0956. The highest BCUT2D eigenvalue weighted by Gasteiger charge is 2.23. The molecule has 0 heterocycles. The molecule has 37 heavy (non-hydrogen) atoms. The summed E-state index contributed by atoms with van der Waals surface area (Å²) in [6, 6.07) is 17.5. The third-order valence-electron chi connectivity index (χ3n) is 6.30. The van der Waals surface area contributed by atoms with Crippen LogP contribution in [-0.4, -0.2) is 40.1 Å². The number of hydrogen-bond acceptors (Lipinski definition) is 5. The number of aldehydes is 1. The van der Waals surface area contributed by atoms with Gasteiger partial charge in [-0.3, -0.25) is 4.79 Å². The lowest BCUT2D eigenvalue weighted by Crippen LogP contribution is -2.38. The Hall–Kier alpha value is -3.16. The summed E-state index contributed by atoms with van der Waals surface area (Å²) >= 11 is 0. The highest BCUT2D eigenvalue weighted by molar-refractivity contribution is 6.77. The lowest BCUT2D eigenvalue weighted by Gasteiger charge is -2.25. The number of hydrogen-bond donors (Lipinski definition) is 0. The Labute approximate surface area is 220 Å². The third kappa shape index (κ3) is 8.17. The summed E-state index contributed by atoms with van der Waals surface area (Å²) in [6.45, 7) is 11.9. The Kier molecular flexibility index (Phi) is 10.3. The second-order valence-electron chi connectivity index (χ2n) is 9.96. The molecule has 198 valence electrons. The maximum atomic E-state index is 13.6. The lowest BCUT2D eigenvalue weighted by atomic mass is 10.00. The predicted molar refractivity (Wildman–Crippen MR) is 148 cm³/mol. The van der Waals surface area contributed by atoms with Crippen LogP contribution in [0.2, 0.25) is 19.6 Å². The van der Waals surface area contributed by atoms with Gasteiger partial charge in [0.2, 0.25) is 0 Å². The molecule has 7 heteroatoms. The van der Waals surface area contributed by atoms with Crippen molar-refractivity contribution in [3.8, 4) is 28.4 Å². The second-order valence-corrected chi connectivity index (χ2v) is 15.5. The summed E-state index contributed by atoms with van der Waals surface area (Å²) in [4.78, 5) is 11.2. The molecule has 3 rings (SSSR count). The highest BCUT2D eigenvalue weighted by atomic mass is 28.3. The molecule has 1 atom stereocenters. The van der Waals surface area contributed by atoms with E-state index in [1.807, 2.05) is 18.2 Å². The largest absolute Gasteiger partial charge is 0.493 e. The zero-order chi connectivity index (χ0) is 26.8. The second kappa shape index (κ2) is 13.4. The van der Waals surface area contributed by atoms with Gasteiger partial charge in [0, 0.05) is 23.8 Å². The molecule has 0 fully saturated rings. The van der Waals surface area contributed by atoms with Crippen LogP contribution in [0.25, 0.3) is 11.1 Å². The van der Waals surface area contributed by atoms with E-state index in [2.05, 4.69) is 33.5 Å². The minimum atomic E-state index is -1.46. The number of para-hydroxylation sites is 1. The van der Waals surface area contributed by atoms with Crippen molar-refractivity contribution < 1.29 is 28.1 Å². The highest BCUT2D eigenvalue weighted by Crippen LogP contribution is 2.37. The van der Waals surface area contributed by atoms with E-state index in [-0.39, 0.29) is 18.3 Å². The van der Waals surface area contributed by atoms with E-state index in [1.165, 1.54) is 12.1 Å². The van der Waals surface area contributed by atoms with Gasteiger partial charge in [-0.05, 0) is 54.8 Å². The van der Waals surface area contributed by atoms with E-state index in [0.29, 0.717) is 36.7 Å². The Bertz CT molecular complexity index is 1160. The van der Waals surface area contributed by atoms with E-state index in [4.69, 9.17) is 18.9 Å². The molecule has 1 unspecified atom stereocenters. The smallest absolute Gasteiger partial charge is 0.189 e. The van der Waals surface area contributed by atoms with Gasteiger partial charge in [-0.25, -0.2) is 4.39 Å². The molecule has 3 aromatic rings. The maximum Gasteiger partial charge on any atom is 0.189 e. The molecule has 0 amide bonds. The van der Waals surface area contributed by atoms with Gasteiger partial charge in [-0.15, -0.1) is 0 Å². The van der Waals surface area contributed by atoms with Crippen LogP contribution >= 0.6 is 0 Å². The number of carbonyl (C=O) groups is 1. The van der Waals surface area contributed by atoms with Gasteiger partial charge in [0.25, 0.3) is 0 Å². The number of halogens is 1. The fourth-order valence-electron chi connectivity index (χ4n) is 3.57. The van der Waals surface area contributed by atoms with Crippen LogP contribution in [0.4, 0.5) is 4.39 Å². The summed E-state index contributed by atoms with van der Waals surface area (Å²) in [5.74, 6) is 1.64. The predicted octanol–water partition coefficient (Wildman–Crippen LogP) is 7.33. The third-order valence-corrected chi connectivity index (χ3v) is 8.91. The maximum absolute atomic E-state index is 13.6. The van der Waals surface area contributed by atoms with Crippen LogP contribution in [0.1, 0.15) is 36.2 Å². The van der Waals surface area contributed by atoms with Gasteiger partial charge in [-0.2, -0.15) is 0 Å². The first-order valence-electron chi connectivity index (χ1n) is 12.7. The first-order valence-corrected chi connectivity index (χ1v) is 16.3. The molecule has 5 nitrogen and oxygen atoms in total. The Morgan fingerprint density at radius 1 is 0.892 bits per heavy atom. The molecule has 0 bridgehead atoms. The van der Waals surface area contributed by atoms with Crippen LogP contribution < -0.4 is 14.2 Å². The van der Waals surface area contributed by atoms with Crippen molar-refractivity contribution in [2.24, 2.45) is 0 Å². The van der Waals surface area contributed by atoms with E-state index >= 15 is 0 Å². The molecule has 0 aromatic heterocycles. The van der Waals surface area contributed by atoms with Crippen molar-refractivity contribution in [1.82, 2.24) is 0 Å². The number of carbonyl (C=O) groups excluding carboxylic acids is 1. The van der Waals surface area contributed by atoms with Crippen molar-refractivity contribution in [3.05, 3.63) is 77.6 Å². The first-order chi connectivity index (χ1) is 17.7. The van der Waals surface area contributed by atoms with Crippen molar-refractivity contribution in [2.75, 3.05) is 20.0 Å². The van der Waals surface area contributed by atoms with Crippen LogP contribution in [0, 0.1) is 5.82 Å². The van der Waals surface area contributed by atoms with Crippen molar-refractivity contribution in [2.45, 2.75) is 52.1 Å². The van der Waals surface area contributed by atoms with E-state index < -0.39 is 8.07 Å². The zero-order valence-electron chi connectivity index (χ0n) is 22.4. The number of aryl methyl sites for hydroxylation is 1. The average molecular weight is 525 g/mol. The van der Waals surface area contributed by atoms with E-state index in [9.17, 15) is 9.18 Å². The van der Waals surface area contributed by atoms with Crippen molar-refractivity contribution in [3.63, 3.8) is 0 Å². The molecule has 3 aromatic carbocycles. The molecular weight excluding hydrogens is 487 g/mol. The molecule has 0 aliphatic heterocycles. The minimum absolute atomic E-state index is 0.120. The van der Waals surface area contributed by atoms with Crippen molar-refractivity contribution in [1.29, 1.82) is 0 Å². The fourth-order valence-corrected chi connectivity index (χ4v) is 4.14. The standard InChI is InChI=1S/C30H37FO5Si/c1-6-23-18-27(24-12-14-26(31)15-13-24)30(36-21-35-22(2)37(3,4)5)19-29(23)34-17-9-16-33-28-11-8-7-10-25(28)20-32/h7-8,10-15,18-20,22H,6,9,16-17,21H2,1-5H3. The van der Waals surface area contributed by atoms with Crippen molar-refractivity contribution >= 4 is 14.4 Å². The van der Waals surface area contributed by atoms with E-state index in [0.717, 1.165) is 35.1 Å². The monoisotopic (exact) mass is 524 g/mol. The number of rotatable bonds is 14. The van der Waals surface area contributed by atoms with E-state index in [1.54, 1.807) is 30.3 Å². The summed E-state index contributed by atoms with van der Waals surface area (Å²) < 4.78 is 37.6. The summed E-state index contributed by atoms with van der Waals surface area (Å²) in [5, 5.41) is 0. The van der Waals surface area contributed by atoms with Crippen LogP contribution in [0.3, 0.4) is 0 Å². The SMILES string of the molecule is CCc1cc(-c2ccc(F)cc2)c(OCOC(C)[Si](C)(C)C)cc1OCCCOc1ccccc1C=O. The number of benzene rings is 3. The molecule has 0 radical (unpaired) electrons. The van der Waals surface area contributed by atoms with Crippen LogP contribution in [0.15, 0.2) is 60.7 Å². The normalized spacial score (nSPS) is 12.2. The first kappa shape index (κ1) is 28.4. The molecule has 0 spiro atoms. The molecule has 0 aliphatic rings. The minimum Gasteiger partial charge on any atom is -0.493 e. The molecule has 0 saturated heterocycles. The molecule has 0 saturated carbocycles. The number of ether oxygens (including phenoxy) is 4. The fraction of sp³-hybridized carbons (Fsp3) is 0.367. The zero-order valence-corrected chi connectivity index (χ0v) is 23.4. The van der Waals surface area contributed by atoms with Gasteiger partial charge < -0.3 is 18.9 Å². The molecule has 0 aliphatic carbocycles. The van der Waals surface area contributed by atoms with Gasteiger partial charge in [0.15, 0.2) is 13.1 Å². The Morgan fingerprint density at radius 3 is 2.22 bits per heavy atom. The van der Waals surface area contributed by atoms with Crippen LogP contribution in [0.5, 0.6) is 17.2 Å². The topological polar surface area (TPSA) is 54.0 Å². The summed E-state index contributed by atoms with van der Waals surface area (Å²) in [5.41, 5.74) is 3.41. The Morgan fingerprint density at radius 2 is 1.57 bits per heavy atom. The van der Waals surface area contributed by atoms with Gasteiger partial charge in [0.1, 0.15) is 23.1 Å². The summed E-state index contributed by atoms with van der Waals surface area (Å²) in [7, 11) is -1.46. The summed E-state index contributed by atoms with van der Waals surface area (Å²) in [6.07, 6.45) is 2.19. The van der Waals surface area contributed by atoms with Gasteiger partial charge in [0.05, 0.1) is 26.9 Å². The van der Waals surface area contributed by atoms with Crippen LogP contribution in [-0.2, 0) is 11.2 Å². The molecular formula is C30H37FO5Si. The average Bonchev–Trinajstić information content (AvgIpc) is 2.88. The van der Waals surface area contributed by atoms with Gasteiger partial charge >= 0.3 is 0 Å². The molecule has 0 N–H and O–H groups in total. The Balaban J connectivity index is 1.73. The lowest BCUT2D eigenvalue weighted by molar-refractivity contribution is 0.000481.